The van der Waals surface area contributed by atoms with Crippen molar-refractivity contribution in [3.05, 3.63) is 29.6 Å². The summed E-state index contributed by atoms with van der Waals surface area (Å²) >= 11 is 0. The van der Waals surface area contributed by atoms with E-state index in [2.05, 4.69) is 0 Å². The third-order valence-electron chi connectivity index (χ3n) is 1.72. The number of methoxy groups -OCH3 is 1. The Hall–Kier alpha value is -1.33. The molecule has 0 aromatic heterocycles. The third kappa shape index (κ3) is 4.04. The zero-order valence-corrected chi connectivity index (χ0v) is 9.42. The van der Waals surface area contributed by atoms with E-state index in [1.807, 2.05) is 0 Å². The second-order valence-corrected chi connectivity index (χ2v) is 2.79. The second kappa shape index (κ2) is 7.03. The van der Waals surface area contributed by atoms with Crippen LogP contribution in [-0.2, 0) is 4.74 Å². The molecular weight excluding hydrogens is 239 g/mol. The normalized spacial score (nSPS) is 9.38. The van der Waals surface area contributed by atoms with Gasteiger partial charge in [-0.1, -0.05) is 0 Å². The molecule has 0 aliphatic heterocycles. The minimum Gasteiger partial charge on any atom is -0.491 e. The van der Waals surface area contributed by atoms with E-state index < -0.39 is 17.3 Å². The van der Waals surface area contributed by atoms with Crippen molar-refractivity contribution in [3.63, 3.8) is 0 Å². The molecule has 90 valence electrons. The number of halogens is 2. The Balaban J connectivity index is 0.00000225. The SMILES string of the molecule is COCCOc1ccc(F)c(C(=O)O)c1.Cl. The van der Waals surface area contributed by atoms with Gasteiger partial charge in [-0.15, -0.1) is 12.4 Å². The molecule has 0 fully saturated rings. The summed E-state index contributed by atoms with van der Waals surface area (Å²) < 4.78 is 22.8. The van der Waals surface area contributed by atoms with Crippen LogP contribution in [0.5, 0.6) is 5.75 Å². The lowest BCUT2D eigenvalue weighted by molar-refractivity contribution is 0.0691. The zero-order valence-electron chi connectivity index (χ0n) is 8.60. The summed E-state index contributed by atoms with van der Waals surface area (Å²) in [6, 6.07) is 3.58. The second-order valence-electron chi connectivity index (χ2n) is 2.79. The van der Waals surface area contributed by atoms with Crippen LogP contribution in [0.25, 0.3) is 0 Å². The standard InChI is InChI=1S/C10H11FO4.ClH/c1-14-4-5-15-7-2-3-9(11)8(6-7)10(12)13;/h2-3,6H,4-5H2,1H3,(H,12,13);1H. The molecule has 6 heteroatoms. The van der Waals surface area contributed by atoms with Gasteiger partial charge >= 0.3 is 5.97 Å². The Morgan fingerprint density at radius 3 is 2.69 bits per heavy atom. The molecule has 1 N–H and O–H groups in total. The number of benzene rings is 1. The van der Waals surface area contributed by atoms with Crippen LogP contribution < -0.4 is 4.74 Å². The van der Waals surface area contributed by atoms with Gasteiger partial charge < -0.3 is 14.6 Å². The minimum absolute atomic E-state index is 0. The zero-order chi connectivity index (χ0) is 11.3. The Kier molecular flexibility index (Phi) is 6.44. The van der Waals surface area contributed by atoms with E-state index in [-0.39, 0.29) is 12.4 Å². The van der Waals surface area contributed by atoms with Gasteiger partial charge in [0.1, 0.15) is 18.2 Å². The van der Waals surface area contributed by atoms with Gasteiger partial charge in [0, 0.05) is 7.11 Å². The number of carbonyl (C=O) groups is 1. The van der Waals surface area contributed by atoms with Crippen molar-refractivity contribution < 1.29 is 23.8 Å². The van der Waals surface area contributed by atoms with Gasteiger partial charge in [-0.25, -0.2) is 9.18 Å². The highest BCUT2D eigenvalue weighted by Gasteiger charge is 2.10. The number of rotatable bonds is 5. The molecule has 0 saturated heterocycles. The van der Waals surface area contributed by atoms with Gasteiger partial charge in [-0.05, 0) is 18.2 Å². The van der Waals surface area contributed by atoms with Crippen molar-refractivity contribution in [3.8, 4) is 5.75 Å². The Morgan fingerprint density at radius 2 is 2.12 bits per heavy atom. The van der Waals surface area contributed by atoms with Crippen LogP contribution in [0, 0.1) is 5.82 Å². The molecule has 0 unspecified atom stereocenters. The molecule has 0 saturated carbocycles. The lowest BCUT2D eigenvalue weighted by Crippen LogP contribution is -2.06. The van der Waals surface area contributed by atoms with Gasteiger partial charge in [0.2, 0.25) is 0 Å². The lowest BCUT2D eigenvalue weighted by atomic mass is 10.2. The van der Waals surface area contributed by atoms with Crippen LogP contribution in [0.3, 0.4) is 0 Å². The smallest absolute Gasteiger partial charge is 0.338 e. The molecule has 1 aromatic rings. The summed E-state index contributed by atoms with van der Waals surface area (Å²) in [6.45, 7) is 0.682. The van der Waals surface area contributed by atoms with Gasteiger partial charge in [0.25, 0.3) is 0 Å². The molecule has 16 heavy (non-hydrogen) atoms. The van der Waals surface area contributed by atoms with Gasteiger partial charge in [0.05, 0.1) is 12.2 Å². The Labute approximate surface area is 98.4 Å². The largest absolute Gasteiger partial charge is 0.491 e. The van der Waals surface area contributed by atoms with Crippen LogP contribution in [0.15, 0.2) is 18.2 Å². The lowest BCUT2D eigenvalue weighted by Gasteiger charge is -2.06. The number of aromatic carboxylic acids is 1. The number of carboxylic acids is 1. The van der Waals surface area contributed by atoms with Crippen LogP contribution in [0.2, 0.25) is 0 Å². The van der Waals surface area contributed by atoms with Crippen molar-refractivity contribution in [2.45, 2.75) is 0 Å². The van der Waals surface area contributed by atoms with Crippen molar-refractivity contribution >= 4 is 18.4 Å². The fraction of sp³-hybridized carbons (Fsp3) is 0.300. The van der Waals surface area contributed by atoms with Crippen molar-refractivity contribution in [1.82, 2.24) is 0 Å². The molecule has 0 atom stereocenters. The summed E-state index contributed by atoms with van der Waals surface area (Å²) in [4.78, 5) is 10.6. The topological polar surface area (TPSA) is 55.8 Å². The van der Waals surface area contributed by atoms with Crippen LogP contribution >= 0.6 is 12.4 Å². The first-order valence-electron chi connectivity index (χ1n) is 4.29. The third-order valence-corrected chi connectivity index (χ3v) is 1.72. The average Bonchev–Trinajstić information content (AvgIpc) is 2.20. The van der Waals surface area contributed by atoms with Gasteiger partial charge in [-0.3, -0.25) is 0 Å². The van der Waals surface area contributed by atoms with Crippen molar-refractivity contribution in [1.29, 1.82) is 0 Å². The highest BCUT2D eigenvalue weighted by molar-refractivity contribution is 5.88. The quantitative estimate of drug-likeness (QED) is 0.812. The molecule has 0 aliphatic carbocycles. The van der Waals surface area contributed by atoms with E-state index in [9.17, 15) is 9.18 Å². The maximum Gasteiger partial charge on any atom is 0.338 e. The Bertz CT molecular complexity index is 357. The monoisotopic (exact) mass is 250 g/mol. The van der Waals surface area contributed by atoms with Gasteiger partial charge in [-0.2, -0.15) is 0 Å². The van der Waals surface area contributed by atoms with Crippen LogP contribution in [0.4, 0.5) is 4.39 Å². The first-order valence-corrected chi connectivity index (χ1v) is 4.29. The Morgan fingerprint density at radius 1 is 1.44 bits per heavy atom. The van der Waals surface area contributed by atoms with Gasteiger partial charge in [0.15, 0.2) is 0 Å². The molecule has 1 aromatic carbocycles. The van der Waals surface area contributed by atoms with E-state index in [1.165, 1.54) is 13.2 Å². The van der Waals surface area contributed by atoms with Crippen LogP contribution in [0.1, 0.15) is 10.4 Å². The molecule has 1 rings (SSSR count). The summed E-state index contributed by atoms with van der Waals surface area (Å²) in [5.74, 6) is -1.78. The molecular formula is C10H12ClFO4. The molecule has 0 spiro atoms. The number of hydrogen-bond donors (Lipinski definition) is 1. The molecule has 0 bridgehead atoms. The summed E-state index contributed by atoms with van der Waals surface area (Å²) in [5.41, 5.74) is -0.398. The summed E-state index contributed by atoms with van der Waals surface area (Å²) in [7, 11) is 1.52. The average molecular weight is 251 g/mol. The van der Waals surface area contributed by atoms with Crippen molar-refractivity contribution in [2.24, 2.45) is 0 Å². The molecule has 0 aliphatic rings. The fourth-order valence-corrected chi connectivity index (χ4v) is 1.00. The van der Waals surface area contributed by atoms with E-state index >= 15 is 0 Å². The highest BCUT2D eigenvalue weighted by Crippen LogP contribution is 2.16. The van der Waals surface area contributed by atoms with Crippen LogP contribution in [-0.4, -0.2) is 31.4 Å². The molecule has 0 heterocycles. The maximum atomic E-state index is 12.9. The fourth-order valence-electron chi connectivity index (χ4n) is 1.00. The van der Waals surface area contributed by atoms with E-state index in [0.717, 1.165) is 12.1 Å². The van der Waals surface area contributed by atoms with Crippen molar-refractivity contribution in [2.75, 3.05) is 20.3 Å². The highest BCUT2D eigenvalue weighted by atomic mass is 35.5. The molecule has 0 amide bonds. The number of carboxylic acid groups (broad SMARTS) is 1. The molecule has 0 radical (unpaired) electrons. The van der Waals surface area contributed by atoms with E-state index in [4.69, 9.17) is 14.6 Å². The first-order chi connectivity index (χ1) is 7.15. The van der Waals surface area contributed by atoms with E-state index in [0.29, 0.717) is 19.0 Å². The predicted octanol–water partition coefficient (Wildman–Crippen LogP) is 1.97. The number of hydrogen-bond acceptors (Lipinski definition) is 3. The first kappa shape index (κ1) is 14.7. The predicted molar refractivity (Wildman–Crippen MR) is 58.0 cm³/mol. The minimum atomic E-state index is -1.32. The van der Waals surface area contributed by atoms with E-state index in [1.54, 1.807) is 0 Å². The number of ether oxygens (including phenoxy) is 2. The summed E-state index contributed by atoms with van der Waals surface area (Å²) in [5, 5.41) is 8.64. The maximum absolute atomic E-state index is 12.9. The molecule has 4 nitrogen and oxygen atoms in total. The summed E-state index contributed by atoms with van der Waals surface area (Å²) in [6.07, 6.45) is 0.